The Hall–Kier alpha value is -2.18. The molecular weight excluding hydrogens is 248 g/mol. The lowest BCUT2D eigenvalue weighted by Gasteiger charge is -1.97. The third kappa shape index (κ3) is 1.77. The van der Waals surface area contributed by atoms with Gasteiger partial charge in [0.15, 0.2) is 5.13 Å². The molecule has 0 fully saturated rings. The Morgan fingerprint density at radius 1 is 1.22 bits per heavy atom. The Labute approximate surface area is 107 Å². The molecule has 6 heteroatoms. The number of aromatic nitrogens is 1. The van der Waals surface area contributed by atoms with Crippen LogP contribution in [0.2, 0.25) is 0 Å². The van der Waals surface area contributed by atoms with E-state index in [1.165, 1.54) is 11.3 Å². The smallest absolute Gasteiger partial charge is 0.283 e. The second-order valence-corrected chi connectivity index (χ2v) is 4.78. The molecule has 0 saturated carbocycles. The minimum Gasteiger partial charge on any atom is -0.283 e. The van der Waals surface area contributed by atoms with Crippen molar-refractivity contribution in [2.24, 2.45) is 5.84 Å². The van der Waals surface area contributed by atoms with Crippen LogP contribution in [0, 0.1) is 0 Å². The van der Waals surface area contributed by atoms with Crippen molar-refractivity contribution in [1.82, 2.24) is 10.4 Å². The van der Waals surface area contributed by atoms with E-state index >= 15 is 0 Å². The molecule has 3 aromatic rings. The number of fused-ring (bicyclic) bond motifs is 3. The summed E-state index contributed by atoms with van der Waals surface area (Å²) in [6.45, 7) is 0. The lowest BCUT2D eigenvalue weighted by molar-refractivity contribution is 0.252. The molecule has 0 radical (unpaired) electrons. The molecule has 1 heterocycles. The van der Waals surface area contributed by atoms with Gasteiger partial charge in [-0.25, -0.2) is 15.6 Å². The predicted molar refractivity (Wildman–Crippen MR) is 73.5 cm³/mol. The van der Waals surface area contributed by atoms with Crippen molar-refractivity contribution >= 4 is 43.5 Å². The number of carbonyl (C=O) groups excluding carboxylic acids is 1. The summed E-state index contributed by atoms with van der Waals surface area (Å²) in [6.07, 6.45) is 0. The van der Waals surface area contributed by atoms with Gasteiger partial charge >= 0.3 is 6.03 Å². The zero-order valence-corrected chi connectivity index (χ0v) is 10.1. The fourth-order valence-electron chi connectivity index (χ4n) is 1.85. The number of nitrogens with two attached hydrogens (primary N) is 1. The third-order valence-corrected chi connectivity index (χ3v) is 3.57. The lowest BCUT2D eigenvalue weighted by atomic mass is 10.1. The standard InChI is InChI=1S/C12H10N4OS/c13-16-11(17)15-12-14-10-8-4-2-1-3-7(8)5-6-9(10)18-12/h1-6H,13H2,(H2,14,15,16,17). The maximum absolute atomic E-state index is 11.1. The predicted octanol–water partition coefficient (Wildman–Crippen LogP) is 2.44. The Balaban J connectivity index is 2.16. The number of urea groups is 1. The van der Waals surface area contributed by atoms with E-state index < -0.39 is 6.03 Å². The molecule has 0 spiro atoms. The zero-order chi connectivity index (χ0) is 12.5. The number of amides is 2. The number of benzene rings is 2. The highest BCUT2D eigenvalue weighted by Crippen LogP contribution is 2.31. The van der Waals surface area contributed by atoms with Gasteiger partial charge < -0.3 is 0 Å². The van der Waals surface area contributed by atoms with Gasteiger partial charge in [0.2, 0.25) is 0 Å². The highest BCUT2D eigenvalue weighted by molar-refractivity contribution is 7.22. The van der Waals surface area contributed by atoms with E-state index in [1.54, 1.807) is 0 Å². The molecular formula is C12H10N4OS. The lowest BCUT2D eigenvalue weighted by Crippen LogP contribution is -2.34. The molecule has 0 bridgehead atoms. The summed E-state index contributed by atoms with van der Waals surface area (Å²) in [7, 11) is 0. The van der Waals surface area contributed by atoms with Gasteiger partial charge in [-0.15, -0.1) is 0 Å². The maximum Gasteiger partial charge on any atom is 0.335 e. The van der Waals surface area contributed by atoms with Crippen LogP contribution < -0.4 is 16.6 Å². The van der Waals surface area contributed by atoms with Crippen LogP contribution in [0.4, 0.5) is 9.93 Å². The molecule has 0 atom stereocenters. The van der Waals surface area contributed by atoms with E-state index in [-0.39, 0.29) is 0 Å². The van der Waals surface area contributed by atoms with Crippen molar-refractivity contribution in [1.29, 1.82) is 0 Å². The van der Waals surface area contributed by atoms with Crippen molar-refractivity contribution in [3.63, 3.8) is 0 Å². The molecule has 0 aliphatic rings. The Bertz CT molecular complexity index is 737. The van der Waals surface area contributed by atoms with Crippen LogP contribution >= 0.6 is 11.3 Å². The molecule has 18 heavy (non-hydrogen) atoms. The average Bonchev–Trinajstić information content (AvgIpc) is 2.81. The Kier molecular flexibility index (Phi) is 2.58. The number of carbonyl (C=O) groups is 1. The number of hydrogen-bond acceptors (Lipinski definition) is 4. The van der Waals surface area contributed by atoms with Crippen molar-refractivity contribution in [3.8, 4) is 0 Å². The second kappa shape index (κ2) is 4.25. The SMILES string of the molecule is NNC(=O)Nc1nc2c(ccc3ccccc32)s1. The van der Waals surface area contributed by atoms with Crippen LogP contribution in [-0.2, 0) is 0 Å². The Morgan fingerprint density at radius 3 is 2.89 bits per heavy atom. The zero-order valence-electron chi connectivity index (χ0n) is 9.31. The van der Waals surface area contributed by atoms with Crippen molar-refractivity contribution < 1.29 is 4.79 Å². The van der Waals surface area contributed by atoms with Gasteiger partial charge in [0.05, 0.1) is 10.2 Å². The van der Waals surface area contributed by atoms with E-state index in [1.807, 2.05) is 41.8 Å². The van der Waals surface area contributed by atoms with Crippen molar-refractivity contribution in [3.05, 3.63) is 36.4 Å². The first-order valence-corrected chi connectivity index (χ1v) is 6.15. The minimum atomic E-state index is -0.474. The fraction of sp³-hybridized carbons (Fsp3) is 0. The first-order valence-electron chi connectivity index (χ1n) is 5.34. The van der Waals surface area contributed by atoms with Crippen molar-refractivity contribution in [2.45, 2.75) is 0 Å². The summed E-state index contributed by atoms with van der Waals surface area (Å²) in [4.78, 5) is 15.6. The molecule has 1 aromatic heterocycles. The summed E-state index contributed by atoms with van der Waals surface area (Å²) < 4.78 is 1.03. The first kappa shape index (κ1) is 10.9. The molecule has 2 amide bonds. The van der Waals surface area contributed by atoms with E-state index in [0.717, 1.165) is 21.0 Å². The number of rotatable bonds is 1. The van der Waals surface area contributed by atoms with Crippen LogP contribution in [0.1, 0.15) is 0 Å². The second-order valence-electron chi connectivity index (χ2n) is 3.75. The molecule has 0 aliphatic carbocycles. The highest BCUT2D eigenvalue weighted by atomic mass is 32.1. The van der Waals surface area contributed by atoms with E-state index in [9.17, 15) is 4.79 Å². The molecule has 3 rings (SSSR count). The number of nitrogens with zero attached hydrogens (tertiary/aromatic N) is 1. The van der Waals surface area contributed by atoms with E-state index in [2.05, 4.69) is 10.3 Å². The molecule has 90 valence electrons. The maximum atomic E-state index is 11.1. The van der Waals surface area contributed by atoms with Gasteiger partial charge in [0.25, 0.3) is 0 Å². The van der Waals surface area contributed by atoms with Crippen LogP contribution in [0.25, 0.3) is 21.0 Å². The van der Waals surface area contributed by atoms with Gasteiger partial charge in [-0.3, -0.25) is 10.7 Å². The van der Waals surface area contributed by atoms with Crippen LogP contribution in [-0.4, -0.2) is 11.0 Å². The molecule has 2 aromatic carbocycles. The van der Waals surface area contributed by atoms with Gasteiger partial charge in [0, 0.05) is 5.39 Å². The number of anilines is 1. The fourth-order valence-corrected chi connectivity index (χ4v) is 2.73. The highest BCUT2D eigenvalue weighted by Gasteiger charge is 2.08. The molecule has 0 saturated heterocycles. The summed E-state index contributed by atoms with van der Waals surface area (Å²) in [5, 5.41) is 5.32. The van der Waals surface area contributed by atoms with Gasteiger partial charge in [-0.2, -0.15) is 0 Å². The normalized spacial score (nSPS) is 10.7. The first-order chi connectivity index (χ1) is 8.78. The summed E-state index contributed by atoms with van der Waals surface area (Å²) in [6, 6.07) is 11.6. The summed E-state index contributed by atoms with van der Waals surface area (Å²) in [5.74, 6) is 5.02. The largest absolute Gasteiger partial charge is 0.335 e. The van der Waals surface area contributed by atoms with Gasteiger partial charge in [-0.1, -0.05) is 41.7 Å². The number of hydrazine groups is 1. The molecule has 5 nitrogen and oxygen atoms in total. The monoisotopic (exact) mass is 258 g/mol. The molecule has 0 unspecified atom stereocenters. The van der Waals surface area contributed by atoms with Crippen LogP contribution in [0.5, 0.6) is 0 Å². The van der Waals surface area contributed by atoms with E-state index in [0.29, 0.717) is 5.13 Å². The average molecular weight is 258 g/mol. The van der Waals surface area contributed by atoms with E-state index in [4.69, 9.17) is 5.84 Å². The minimum absolute atomic E-state index is 0.474. The molecule has 4 N–H and O–H groups in total. The van der Waals surface area contributed by atoms with Crippen molar-refractivity contribution in [2.75, 3.05) is 5.32 Å². The number of hydrogen-bond donors (Lipinski definition) is 3. The van der Waals surface area contributed by atoms with Crippen LogP contribution in [0.15, 0.2) is 36.4 Å². The number of nitrogens with one attached hydrogen (secondary N) is 2. The molecule has 0 aliphatic heterocycles. The topological polar surface area (TPSA) is 80.0 Å². The quantitative estimate of drug-likeness (QED) is 0.356. The Morgan fingerprint density at radius 2 is 2.06 bits per heavy atom. The number of thiazole rings is 1. The summed E-state index contributed by atoms with van der Waals surface area (Å²) in [5.41, 5.74) is 2.91. The van der Waals surface area contributed by atoms with Gasteiger partial charge in [-0.05, 0) is 11.5 Å². The third-order valence-electron chi connectivity index (χ3n) is 2.64. The van der Waals surface area contributed by atoms with Crippen LogP contribution in [0.3, 0.4) is 0 Å². The summed E-state index contributed by atoms with van der Waals surface area (Å²) >= 11 is 1.42. The van der Waals surface area contributed by atoms with Gasteiger partial charge in [0.1, 0.15) is 0 Å².